The Kier molecular flexibility index (Phi) is 3.89. The number of aromatic nitrogens is 1. The van der Waals surface area contributed by atoms with Crippen molar-refractivity contribution < 1.29 is 14.4 Å². The monoisotopic (exact) mass is 261 g/mol. The molecule has 1 aliphatic rings. The first-order valence-corrected chi connectivity index (χ1v) is 6.21. The van der Waals surface area contributed by atoms with E-state index in [-0.39, 0.29) is 6.54 Å². The van der Waals surface area contributed by atoms with Crippen molar-refractivity contribution in [3.63, 3.8) is 0 Å². The summed E-state index contributed by atoms with van der Waals surface area (Å²) in [5.74, 6) is -1.48. The molecule has 6 heteroatoms. The van der Waals surface area contributed by atoms with Crippen molar-refractivity contribution in [1.82, 2.24) is 14.8 Å². The Labute approximate surface area is 111 Å². The fraction of sp³-hybridized carbons (Fsp3) is 0.385. The average molecular weight is 261 g/mol. The van der Waals surface area contributed by atoms with Crippen molar-refractivity contribution in [3.05, 3.63) is 30.1 Å². The molecule has 0 aliphatic carbocycles. The maximum atomic E-state index is 12.0. The van der Waals surface area contributed by atoms with Crippen LogP contribution >= 0.6 is 0 Å². The lowest BCUT2D eigenvalue weighted by molar-refractivity contribution is -0.143. The molecule has 0 aromatic carbocycles. The Balaban J connectivity index is 2.12. The summed E-state index contributed by atoms with van der Waals surface area (Å²) in [5.41, 5.74) is 0.766. The van der Waals surface area contributed by atoms with Crippen LogP contribution in [0.15, 0.2) is 24.5 Å². The summed E-state index contributed by atoms with van der Waals surface area (Å²) in [4.78, 5) is 41.4. The molecule has 1 aromatic rings. The molecule has 1 fully saturated rings. The molecule has 0 radical (unpaired) electrons. The fourth-order valence-corrected chi connectivity index (χ4v) is 1.87. The third-order valence-electron chi connectivity index (χ3n) is 2.96. The zero-order chi connectivity index (χ0) is 13.8. The molecule has 0 bridgehead atoms. The molecular formula is C13H15N3O3. The molecule has 0 saturated carbocycles. The van der Waals surface area contributed by atoms with Gasteiger partial charge in [0.2, 0.25) is 0 Å². The van der Waals surface area contributed by atoms with Crippen molar-refractivity contribution in [2.24, 2.45) is 0 Å². The molecule has 0 atom stereocenters. The molecule has 0 spiro atoms. The minimum atomic E-state index is -0.752. The molecule has 1 aliphatic heterocycles. The van der Waals surface area contributed by atoms with E-state index in [9.17, 15) is 14.4 Å². The van der Waals surface area contributed by atoms with Crippen LogP contribution in [0.3, 0.4) is 0 Å². The van der Waals surface area contributed by atoms with Crippen molar-refractivity contribution in [1.29, 1.82) is 0 Å². The zero-order valence-electron chi connectivity index (χ0n) is 10.7. The third kappa shape index (κ3) is 2.62. The fourth-order valence-electron chi connectivity index (χ4n) is 1.87. The number of carbonyl (C=O) groups excluding carboxylic acids is 3. The normalized spacial score (nSPS) is 15.5. The number of imide groups is 2. The van der Waals surface area contributed by atoms with E-state index in [0.717, 1.165) is 21.8 Å². The number of urea groups is 1. The van der Waals surface area contributed by atoms with Gasteiger partial charge in [-0.05, 0) is 24.1 Å². The van der Waals surface area contributed by atoms with Gasteiger partial charge in [0.25, 0.3) is 0 Å². The first kappa shape index (κ1) is 13.2. The van der Waals surface area contributed by atoms with Crippen LogP contribution in [0.1, 0.15) is 25.3 Å². The van der Waals surface area contributed by atoms with E-state index in [1.807, 2.05) is 6.92 Å². The SMILES string of the molecule is CCCCN1C(=O)C(=O)N(Cc2ccncc2)C1=O. The average Bonchev–Trinajstić information content (AvgIpc) is 2.62. The number of hydrogen-bond donors (Lipinski definition) is 0. The van der Waals surface area contributed by atoms with Gasteiger partial charge >= 0.3 is 17.8 Å². The highest BCUT2D eigenvalue weighted by Crippen LogP contribution is 2.16. The van der Waals surface area contributed by atoms with Gasteiger partial charge in [-0.1, -0.05) is 13.3 Å². The highest BCUT2D eigenvalue weighted by molar-refractivity contribution is 6.44. The second kappa shape index (κ2) is 5.60. The third-order valence-corrected chi connectivity index (χ3v) is 2.96. The van der Waals surface area contributed by atoms with E-state index in [2.05, 4.69) is 4.98 Å². The first-order chi connectivity index (χ1) is 9.15. The standard InChI is InChI=1S/C13H15N3O3/c1-2-3-8-15-11(17)12(18)16(13(15)19)9-10-4-6-14-7-5-10/h4-7H,2-3,8-9H2,1H3. The molecular weight excluding hydrogens is 246 g/mol. The van der Waals surface area contributed by atoms with Crippen LogP contribution in [-0.4, -0.2) is 39.2 Å². The maximum absolute atomic E-state index is 12.0. The van der Waals surface area contributed by atoms with Crippen LogP contribution in [-0.2, 0) is 16.1 Å². The number of rotatable bonds is 5. The maximum Gasteiger partial charge on any atom is 0.334 e. The minimum Gasteiger partial charge on any atom is -0.265 e. The number of amides is 4. The predicted molar refractivity (Wildman–Crippen MR) is 66.8 cm³/mol. The topological polar surface area (TPSA) is 70.6 Å². The summed E-state index contributed by atoms with van der Waals surface area (Å²) in [6, 6.07) is 2.89. The molecule has 19 heavy (non-hydrogen) atoms. The number of pyridine rings is 1. The molecule has 2 rings (SSSR count). The number of unbranched alkanes of at least 4 members (excludes halogenated alkanes) is 1. The molecule has 2 heterocycles. The van der Waals surface area contributed by atoms with Gasteiger partial charge in [0.15, 0.2) is 0 Å². The van der Waals surface area contributed by atoms with Crippen LogP contribution in [0, 0.1) is 0 Å². The highest BCUT2D eigenvalue weighted by atomic mass is 16.2. The molecule has 0 N–H and O–H groups in total. The van der Waals surface area contributed by atoms with Crippen LogP contribution in [0.2, 0.25) is 0 Å². The molecule has 4 amide bonds. The highest BCUT2D eigenvalue weighted by Gasteiger charge is 2.43. The van der Waals surface area contributed by atoms with Crippen molar-refractivity contribution in [2.45, 2.75) is 26.3 Å². The molecule has 1 saturated heterocycles. The van der Waals surface area contributed by atoms with Gasteiger partial charge in [0.1, 0.15) is 0 Å². The number of carbonyl (C=O) groups is 3. The Morgan fingerprint density at radius 3 is 2.32 bits per heavy atom. The van der Waals surface area contributed by atoms with E-state index in [0.29, 0.717) is 13.0 Å². The Bertz CT molecular complexity index is 501. The zero-order valence-corrected chi connectivity index (χ0v) is 10.7. The first-order valence-electron chi connectivity index (χ1n) is 6.21. The second-order valence-corrected chi connectivity index (χ2v) is 4.34. The van der Waals surface area contributed by atoms with Crippen molar-refractivity contribution in [2.75, 3.05) is 6.54 Å². The lowest BCUT2D eigenvalue weighted by atomic mass is 10.2. The Morgan fingerprint density at radius 1 is 1.05 bits per heavy atom. The van der Waals surface area contributed by atoms with Crippen LogP contribution < -0.4 is 0 Å². The molecule has 1 aromatic heterocycles. The van der Waals surface area contributed by atoms with E-state index < -0.39 is 17.8 Å². The summed E-state index contributed by atoms with van der Waals surface area (Å²) < 4.78 is 0. The smallest absolute Gasteiger partial charge is 0.265 e. The number of nitrogens with zero attached hydrogens (tertiary/aromatic N) is 3. The van der Waals surface area contributed by atoms with Crippen LogP contribution in [0.5, 0.6) is 0 Å². The summed E-state index contributed by atoms with van der Waals surface area (Å²) in [7, 11) is 0. The van der Waals surface area contributed by atoms with Gasteiger partial charge in [-0.25, -0.2) is 4.79 Å². The van der Waals surface area contributed by atoms with Crippen molar-refractivity contribution >= 4 is 17.8 Å². The van der Waals surface area contributed by atoms with Gasteiger partial charge < -0.3 is 0 Å². The van der Waals surface area contributed by atoms with Crippen molar-refractivity contribution in [3.8, 4) is 0 Å². The van der Waals surface area contributed by atoms with Gasteiger partial charge in [-0.3, -0.25) is 24.4 Å². The summed E-state index contributed by atoms with van der Waals surface area (Å²) in [6.07, 6.45) is 4.72. The summed E-state index contributed by atoms with van der Waals surface area (Å²) >= 11 is 0. The summed E-state index contributed by atoms with van der Waals surface area (Å²) in [6.45, 7) is 2.36. The van der Waals surface area contributed by atoms with E-state index >= 15 is 0 Å². The lowest BCUT2D eigenvalue weighted by Crippen LogP contribution is -2.33. The minimum absolute atomic E-state index is 0.106. The van der Waals surface area contributed by atoms with Gasteiger partial charge in [-0.2, -0.15) is 0 Å². The lowest BCUT2D eigenvalue weighted by Gasteiger charge is -2.15. The van der Waals surface area contributed by atoms with E-state index in [1.165, 1.54) is 0 Å². The number of hydrogen-bond acceptors (Lipinski definition) is 4. The van der Waals surface area contributed by atoms with Crippen LogP contribution in [0.4, 0.5) is 4.79 Å². The summed E-state index contributed by atoms with van der Waals surface area (Å²) in [5, 5.41) is 0. The Hall–Kier alpha value is -2.24. The Morgan fingerprint density at radius 2 is 1.68 bits per heavy atom. The van der Waals surface area contributed by atoms with E-state index in [1.54, 1.807) is 24.5 Å². The largest absolute Gasteiger partial charge is 0.334 e. The van der Waals surface area contributed by atoms with E-state index in [4.69, 9.17) is 0 Å². The van der Waals surface area contributed by atoms with Gasteiger partial charge in [0.05, 0.1) is 6.54 Å². The molecule has 0 unspecified atom stereocenters. The predicted octanol–water partition coefficient (Wildman–Crippen LogP) is 1.17. The second-order valence-electron chi connectivity index (χ2n) is 4.34. The quantitative estimate of drug-likeness (QED) is 0.589. The molecule has 100 valence electrons. The van der Waals surface area contributed by atoms with Gasteiger partial charge in [-0.15, -0.1) is 0 Å². The van der Waals surface area contributed by atoms with Crippen LogP contribution in [0.25, 0.3) is 0 Å². The van der Waals surface area contributed by atoms with Gasteiger partial charge in [0, 0.05) is 18.9 Å². The molecule has 6 nitrogen and oxygen atoms in total.